The first kappa shape index (κ1) is 19.3. The summed E-state index contributed by atoms with van der Waals surface area (Å²) in [5, 5.41) is 5.73. The molecule has 2 aromatic carbocycles. The van der Waals surface area contributed by atoms with Crippen LogP contribution >= 0.6 is 11.6 Å². The van der Waals surface area contributed by atoms with E-state index in [2.05, 4.69) is 15.4 Å². The fourth-order valence-corrected chi connectivity index (χ4v) is 2.85. The summed E-state index contributed by atoms with van der Waals surface area (Å²) in [6.45, 7) is 0. The second-order valence-electron chi connectivity index (χ2n) is 5.74. The van der Waals surface area contributed by atoms with E-state index in [9.17, 15) is 9.59 Å². The molecule has 0 fully saturated rings. The van der Waals surface area contributed by atoms with E-state index < -0.39 is 6.09 Å². The summed E-state index contributed by atoms with van der Waals surface area (Å²) >= 11 is 6.37. The molecule has 2 N–H and O–H groups in total. The fraction of sp³-hybridized carbons (Fsp3) is 0.100. The highest BCUT2D eigenvalue weighted by Gasteiger charge is 2.17. The maximum Gasteiger partial charge on any atom is 0.411 e. The summed E-state index contributed by atoms with van der Waals surface area (Å²) in [6.07, 6.45) is 3.13. The van der Waals surface area contributed by atoms with Gasteiger partial charge < -0.3 is 19.4 Å². The number of nitrogens with one attached hydrogen (secondary N) is 2. The summed E-state index contributed by atoms with van der Waals surface area (Å²) in [5.41, 5.74) is 2.10. The molecule has 0 saturated heterocycles. The molecule has 28 heavy (non-hydrogen) atoms. The Morgan fingerprint density at radius 1 is 0.964 bits per heavy atom. The predicted octanol–water partition coefficient (Wildman–Crippen LogP) is 4.57. The van der Waals surface area contributed by atoms with Crippen molar-refractivity contribution in [2.75, 3.05) is 24.9 Å². The zero-order valence-corrected chi connectivity index (χ0v) is 16.0. The molecule has 0 bridgehead atoms. The van der Waals surface area contributed by atoms with Crippen molar-refractivity contribution >= 4 is 35.0 Å². The van der Waals surface area contributed by atoms with Gasteiger partial charge in [-0.25, -0.2) is 4.79 Å². The lowest BCUT2D eigenvalue weighted by molar-refractivity contribution is 0.102. The number of carbonyl (C=O) groups excluding carboxylic acids is 2. The van der Waals surface area contributed by atoms with Gasteiger partial charge in [-0.15, -0.1) is 0 Å². The first-order valence-corrected chi connectivity index (χ1v) is 8.67. The van der Waals surface area contributed by atoms with Gasteiger partial charge in [-0.3, -0.25) is 10.1 Å². The highest BCUT2D eigenvalue weighted by molar-refractivity contribution is 6.33. The third-order valence-corrected chi connectivity index (χ3v) is 4.27. The van der Waals surface area contributed by atoms with Gasteiger partial charge in [0, 0.05) is 29.8 Å². The molecule has 1 heterocycles. The van der Waals surface area contributed by atoms with E-state index in [0.717, 1.165) is 0 Å². The number of carbonyl (C=O) groups is 2. The van der Waals surface area contributed by atoms with Crippen molar-refractivity contribution in [3.8, 4) is 11.4 Å². The van der Waals surface area contributed by atoms with E-state index >= 15 is 0 Å². The van der Waals surface area contributed by atoms with Crippen molar-refractivity contribution in [2.45, 2.75) is 0 Å². The molecule has 0 atom stereocenters. The number of benzene rings is 2. The number of anilines is 2. The van der Waals surface area contributed by atoms with E-state index in [-0.39, 0.29) is 5.91 Å². The van der Waals surface area contributed by atoms with Crippen LogP contribution in [0.25, 0.3) is 5.69 Å². The lowest BCUT2D eigenvalue weighted by Gasteiger charge is -2.14. The third-order valence-electron chi connectivity index (χ3n) is 3.97. The Hall–Kier alpha value is -3.45. The highest BCUT2D eigenvalue weighted by atomic mass is 35.5. The fourth-order valence-electron chi connectivity index (χ4n) is 2.59. The van der Waals surface area contributed by atoms with Gasteiger partial charge in [0.05, 0.1) is 30.5 Å². The highest BCUT2D eigenvalue weighted by Crippen LogP contribution is 2.30. The van der Waals surface area contributed by atoms with Crippen molar-refractivity contribution < 1.29 is 19.1 Å². The minimum absolute atomic E-state index is 0.306. The van der Waals surface area contributed by atoms with Crippen LogP contribution in [0.15, 0.2) is 60.9 Å². The van der Waals surface area contributed by atoms with E-state index in [1.54, 1.807) is 36.4 Å². The molecule has 3 rings (SSSR count). The number of aromatic nitrogens is 1. The molecule has 7 nitrogen and oxygen atoms in total. The van der Waals surface area contributed by atoms with Crippen molar-refractivity contribution in [1.82, 2.24) is 4.57 Å². The van der Waals surface area contributed by atoms with Crippen LogP contribution in [-0.4, -0.2) is 30.8 Å². The second kappa shape index (κ2) is 8.49. The summed E-state index contributed by atoms with van der Waals surface area (Å²) in [7, 11) is 2.77. The Balaban J connectivity index is 1.80. The molecule has 3 aromatic rings. The van der Waals surface area contributed by atoms with Crippen LogP contribution in [0.1, 0.15) is 10.4 Å². The van der Waals surface area contributed by atoms with E-state index in [1.165, 1.54) is 14.2 Å². The van der Waals surface area contributed by atoms with Crippen LogP contribution < -0.4 is 15.4 Å². The summed E-state index contributed by atoms with van der Waals surface area (Å²) in [6, 6.07) is 13.6. The topological polar surface area (TPSA) is 81.6 Å². The smallest absolute Gasteiger partial charge is 0.411 e. The zero-order valence-electron chi connectivity index (χ0n) is 15.2. The molecule has 2 amide bonds. The number of methoxy groups -OCH3 is 2. The lowest BCUT2D eigenvalue weighted by Crippen LogP contribution is -2.14. The quantitative estimate of drug-likeness (QED) is 0.658. The van der Waals surface area contributed by atoms with Gasteiger partial charge >= 0.3 is 6.09 Å². The van der Waals surface area contributed by atoms with Crippen LogP contribution in [0.4, 0.5) is 16.2 Å². The maximum atomic E-state index is 12.7. The van der Waals surface area contributed by atoms with Gasteiger partial charge in [-0.1, -0.05) is 11.6 Å². The average Bonchev–Trinajstić information content (AvgIpc) is 3.23. The average molecular weight is 400 g/mol. The molecule has 0 radical (unpaired) electrons. The number of rotatable bonds is 5. The molecule has 0 saturated carbocycles. The SMILES string of the molecule is COC(=O)Nc1ccc(NC(=O)c2cc(Cl)c(-n3cccc3)cc2OC)cc1. The van der Waals surface area contributed by atoms with Gasteiger partial charge in [0.1, 0.15) is 5.75 Å². The minimum atomic E-state index is -0.570. The van der Waals surface area contributed by atoms with Crippen LogP contribution in [0, 0.1) is 0 Å². The first-order chi connectivity index (χ1) is 13.5. The number of hydrogen-bond acceptors (Lipinski definition) is 4. The number of nitrogens with zero attached hydrogens (tertiary/aromatic N) is 1. The number of halogens is 1. The van der Waals surface area contributed by atoms with Gasteiger partial charge in [0.25, 0.3) is 5.91 Å². The standard InChI is InChI=1S/C20H18ClN3O4/c1-27-18-12-17(24-9-3-4-10-24)16(21)11-15(18)19(25)22-13-5-7-14(8-6-13)23-20(26)28-2/h3-12H,1-2H3,(H,22,25)(H,23,26). The van der Waals surface area contributed by atoms with Gasteiger partial charge in [-0.05, 0) is 42.5 Å². The van der Waals surface area contributed by atoms with E-state index in [4.69, 9.17) is 16.3 Å². The molecule has 1 aromatic heterocycles. The number of ether oxygens (including phenoxy) is 2. The Kier molecular flexibility index (Phi) is 5.86. The maximum absolute atomic E-state index is 12.7. The number of amides is 2. The Morgan fingerprint density at radius 3 is 2.14 bits per heavy atom. The molecule has 8 heteroatoms. The molecule has 0 aliphatic heterocycles. The molecule has 144 valence electrons. The predicted molar refractivity (Wildman–Crippen MR) is 108 cm³/mol. The van der Waals surface area contributed by atoms with Gasteiger partial charge in [0.15, 0.2) is 0 Å². The monoisotopic (exact) mass is 399 g/mol. The van der Waals surface area contributed by atoms with Crippen LogP contribution in [-0.2, 0) is 4.74 Å². The summed E-state index contributed by atoms with van der Waals surface area (Å²) in [4.78, 5) is 23.9. The van der Waals surface area contributed by atoms with Gasteiger partial charge in [0.2, 0.25) is 0 Å². The minimum Gasteiger partial charge on any atom is -0.496 e. The van der Waals surface area contributed by atoms with Crippen molar-refractivity contribution in [2.24, 2.45) is 0 Å². The Bertz CT molecular complexity index is 985. The lowest BCUT2D eigenvalue weighted by atomic mass is 10.1. The normalized spacial score (nSPS) is 10.2. The van der Waals surface area contributed by atoms with Crippen LogP contribution in [0.2, 0.25) is 5.02 Å². The number of hydrogen-bond donors (Lipinski definition) is 2. The van der Waals surface area contributed by atoms with Crippen molar-refractivity contribution in [3.05, 3.63) is 71.5 Å². The van der Waals surface area contributed by atoms with Crippen LogP contribution in [0.3, 0.4) is 0 Å². The Labute approximate surface area is 166 Å². The molecule has 0 aliphatic rings. The molecular formula is C20H18ClN3O4. The summed E-state index contributed by atoms with van der Waals surface area (Å²) in [5.74, 6) is 0.0288. The first-order valence-electron chi connectivity index (χ1n) is 8.29. The largest absolute Gasteiger partial charge is 0.496 e. The second-order valence-corrected chi connectivity index (χ2v) is 6.15. The van der Waals surface area contributed by atoms with Crippen molar-refractivity contribution in [3.63, 3.8) is 0 Å². The molecule has 0 spiro atoms. The van der Waals surface area contributed by atoms with Gasteiger partial charge in [-0.2, -0.15) is 0 Å². The van der Waals surface area contributed by atoms with E-state index in [0.29, 0.717) is 33.4 Å². The van der Waals surface area contributed by atoms with E-state index in [1.807, 2.05) is 29.1 Å². The molecular weight excluding hydrogens is 382 g/mol. The molecule has 0 unspecified atom stereocenters. The van der Waals surface area contributed by atoms with Crippen LogP contribution in [0.5, 0.6) is 5.75 Å². The third kappa shape index (κ3) is 4.27. The zero-order chi connectivity index (χ0) is 20.1. The Morgan fingerprint density at radius 2 is 1.57 bits per heavy atom. The van der Waals surface area contributed by atoms with Crippen molar-refractivity contribution in [1.29, 1.82) is 0 Å². The molecule has 0 aliphatic carbocycles. The summed E-state index contributed by atoms with van der Waals surface area (Å²) < 4.78 is 11.7.